The van der Waals surface area contributed by atoms with Gasteiger partial charge in [0.2, 0.25) is 5.91 Å². The number of amides is 2. The predicted octanol–water partition coefficient (Wildman–Crippen LogP) is 5.09. The molecule has 7 nitrogen and oxygen atoms in total. The Kier molecular flexibility index (Phi) is 7.79. The van der Waals surface area contributed by atoms with E-state index in [4.69, 9.17) is 4.74 Å². The van der Waals surface area contributed by atoms with E-state index in [1.807, 2.05) is 48.4 Å². The molecule has 1 spiro atoms. The number of alkyl carbamates (subject to hydrolysis) is 1. The van der Waals surface area contributed by atoms with Crippen molar-refractivity contribution >= 4 is 12.0 Å². The summed E-state index contributed by atoms with van der Waals surface area (Å²) in [6, 6.07) is 14.0. The normalized spacial score (nSPS) is 21.8. The van der Waals surface area contributed by atoms with Crippen molar-refractivity contribution in [2.45, 2.75) is 76.5 Å². The van der Waals surface area contributed by atoms with Crippen LogP contribution in [0.25, 0.3) is 0 Å². The van der Waals surface area contributed by atoms with Crippen molar-refractivity contribution in [2.24, 2.45) is 5.41 Å². The zero-order chi connectivity index (χ0) is 25.7. The van der Waals surface area contributed by atoms with Crippen molar-refractivity contribution in [1.29, 1.82) is 0 Å². The fourth-order valence-electron chi connectivity index (χ4n) is 6.36. The second-order valence-electron chi connectivity index (χ2n) is 11.4. The zero-order valence-corrected chi connectivity index (χ0v) is 22.0. The number of hydrogen-bond acceptors (Lipinski definition) is 5. The highest BCUT2D eigenvalue weighted by Crippen LogP contribution is 2.42. The number of hydrogen-bond donors (Lipinski definition) is 1. The second-order valence-corrected chi connectivity index (χ2v) is 11.4. The van der Waals surface area contributed by atoms with E-state index in [0.29, 0.717) is 12.5 Å². The van der Waals surface area contributed by atoms with Gasteiger partial charge < -0.3 is 19.9 Å². The van der Waals surface area contributed by atoms with Gasteiger partial charge in [-0.2, -0.15) is 0 Å². The molecule has 1 aromatic carbocycles. The fraction of sp³-hybridized carbons (Fsp3) is 0.567. The molecule has 0 bridgehead atoms. The summed E-state index contributed by atoms with van der Waals surface area (Å²) in [6.07, 6.45) is 11.0. The Bertz CT molecular complexity index is 1050. The number of ether oxygens (including phenoxy) is 1. The number of aromatic nitrogens is 1. The third-order valence-electron chi connectivity index (χ3n) is 8.74. The van der Waals surface area contributed by atoms with E-state index in [9.17, 15) is 9.59 Å². The van der Waals surface area contributed by atoms with Crippen molar-refractivity contribution in [1.82, 2.24) is 20.1 Å². The van der Waals surface area contributed by atoms with Crippen molar-refractivity contribution in [3.8, 4) is 0 Å². The smallest absolute Gasteiger partial charge is 0.408 e. The molecule has 37 heavy (non-hydrogen) atoms. The first kappa shape index (κ1) is 25.7. The number of rotatable bonds is 8. The Morgan fingerprint density at radius 1 is 1.03 bits per heavy atom. The highest BCUT2D eigenvalue weighted by Gasteiger charge is 2.47. The monoisotopic (exact) mass is 504 g/mol. The Hall–Kier alpha value is -2.93. The summed E-state index contributed by atoms with van der Waals surface area (Å²) in [5, 5.41) is 3.16. The van der Waals surface area contributed by atoms with Gasteiger partial charge in [-0.25, -0.2) is 4.79 Å². The Balaban J connectivity index is 1.14. The molecule has 1 aromatic heterocycles. The molecular formula is C30H40N4O3. The van der Waals surface area contributed by atoms with Gasteiger partial charge in [-0.15, -0.1) is 0 Å². The van der Waals surface area contributed by atoms with Crippen molar-refractivity contribution < 1.29 is 14.3 Å². The molecule has 1 saturated carbocycles. The van der Waals surface area contributed by atoms with E-state index >= 15 is 0 Å². The van der Waals surface area contributed by atoms with Crippen molar-refractivity contribution in [2.75, 3.05) is 26.2 Å². The van der Waals surface area contributed by atoms with Gasteiger partial charge in [-0.3, -0.25) is 9.78 Å². The number of piperidine rings is 1. The number of carbonyl (C=O) groups is 2. The summed E-state index contributed by atoms with van der Waals surface area (Å²) in [5.41, 5.74) is 1.63. The summed E-state index contributed by atoms with van der Waals surface area (Å²) in [5.74, 6) is 0.308. The van der Waals surface area contributed by atoms with Crippen LogP contribution in [0.15, 0.2) is 54.9 Å². The highest BCUT2D eigenvalue weighted by atomic mass is 16.6. The summed E-state index contributed by atoms with van der Waals surface area (Å²) in [4.78, 5) is 34.8. The lowest BCUT2D eigenvalue weighted by Crippen LogP contribution is -2.45. The summed E-state index contributed by atoms with van der Waals surface area (Å²) in [6.45, 7) is 6.23. The van der Waals surface area contributed by atoms with E-state index in [0.717, 1.165) is 88.7 Å². The molecule has 2 amide bonds. The highest BCUT2D eigenvalue weighted by molar-refractivity contribution is 5.85. The largest absolute Gasteiger partial charge is 0.443 e. The minimum absolute atomic E-state index is 0.0994. The molecule has 0 radical (unpaired) electrons. The number of nitrogens with one attached hydrogen (secondary N) is 1. The molecule has 1 N–H and O–H groups in total. The van der Waals surface area contributed by atoms with Crippen molar-refractivity contribution in [3.63, 3.8) is 0 Å². The van der Waals surface area contributed by atoms with Crippen LogP contribution in [-0.2, 0) is 16.1 Å². The van der Waals surface area contributed by atoms with Crippen molar-refractivity contribution in [3.05, 3.63) is 66.0 Å². The molecule has 2 aliphatic heterocycles. The van der Waals surface area contributed by atoms with Gasteiger partial charge in [0.25, 0.3) is 0 Å². The molecule has 5 rings (SSSR count). The summed E-state index contributed by atoms with van der Waals surface area (Å²) in [7, 11) is 0. The molecule has 2 saturated heterocycles. The lowest BCUT2D eigenvalue weighted by molar-refractivity contribution is -0.138. The SMILES string of the molecule is CC1(OC(=O)N[C@@H](CCN2CCC3(CC2)CCN(Cc2cccnc2)C3=O)c2ccccc2)CCCC1. The average molecular weight is 505 g/mol. The number of nitrogens with zero attached hydrogens (tertiary/aromatic N) is 3. The predicted molar refractivity (Wildman–Crippen MR) is 143 cm³/mol. The molecule has 3 heterocycles. The Morgan fingerprint density at radius 2 is 1.76 bits per heavy atom. The van der Waals surface area contributed by atoms with Crippen LogP contribution in [0.5, 0.6) is 0 Å². The maximum Gasteiger partial charge on any atom is 0.408 e. The van der Waals surface area contributed by atoms with E-state index in [-0.39, 0.29) is 23.2 Å². The topological polar surface area (TPSA) is 74.8 Å². The number of likely N-dealkylation sites (tertiary alicyclic amines) is 2. The maximum absolute atomic E-state index is 13.4. The minimum Gasteiger partial charge on any atom is -0.443 e. The Morgan fingerprint density at radius 3 is 2.46 bits per heavy atom. The van der Waals surface area contributed by atoms with Crippen LogP contribution < -0.4 is 5.32 Å². The lowest BCUT2D eigenvalue weighted by atomic mass is 9.77. The van der Waals surface area contributed by atoms with E-state index < -0.39 is 0 Å². The van der Waals surface area contributed by atoms with Gasteiger partial charge in [0.1, 0.15) is 5.60 Å². The molecule has 198 valence electrons. The maximum atomic E-state index is 13.4. The number of benzene rings is 1. The quantitative estimate of drug-likeness (QED) is 0.542. The van der Waals surface area contributed by atoms with Crippen LogP contribution in [0.4, 0.5) is 4.79 Å². The lowest BCUT2D eigenvalue weighted by Gasteiger charge is -2.38. The van der Waals surface area contributed by atoms with Crippen LogP contribution in [0.1, 0.15) is 75.5 Å². The first-order chi connectivity index (χ1) is 17.9. The van der Waals surface area contributed by atoms with Gasteiger partial charge in [0, 0.05) is 32.0 Å². The molecular weight excluding hydrogens is 464 g/mol. The van der Waals surface area contributed by atoms with Gasteiger partial charge >= 0.3 is 6.09 Å². The van der Waals surface area contributed by atoms with Gasteiger partial charge in [-0.1, -0.05) is 36.4 Å². The molecule has 2 aromatic rings. The van der Waals surface area contributed by atoms with Gasteiger partial charge in [0.05, 0.1) is 11.5 Å². The standard InChI is InChI=1S/C30H40N4O3/c1-29(12-5-6-13-29)37-28(36)32-26(25-9-3-2-4-10-25)11-18-33-19-14-30(15-20-33)16-21-34(27(30)35)23-24-8-7-17-31-22-24/h2-4,7-10,17,22,26H,5-6,11-16,18-21,23H2,1H3,(H,32,36)/t26-/m0/s1. The molecule has 3 aliphatic rings. The molecule has 0 unspecified atom stereocenters. The van der Waals surface area contributed by atoms with E-state index in [2.05, 4.69) is 27.3 Å². The van der Waals surface area contributed by atoms with Gasteiger partial charge in [-0.05, 0) is 88.6 Å². The van der Waals surface area contributed by atoms with Gasteiger partial charge in [0.15, 0.2) is 0 Å². The van der Waals surface area contributed by atoms with Crippen LogP contribution in [-0.4, -0.2) is 58.6 Å². The van der Waals surface area contributed by atoms with Crippen LogP contribution in [0.3, 0.4) is 0 Å². The molecule has 1 atom stereocenters. The summed E-state index contributed by atoms with van der Waals surface area (Å²) < 4.78 is 5.86. The first-order valence-electron chi connectivity index (χ1n) is 13.9. The van der Waals surface area contributed by atoms with Crippen LogP contribution in [0, 0.1) is 5.41 Å². The minimum atomic E-state index is -0.342. The van der Waals surface area contributed by atoms with E-state index in [1.54, 1.807) is 6.20 Å². The van der Waals surface area contributed by atoms with Crippen LogP contribution in [0.2, 0.25) is 0 Å². The molecule has 7 heteroatoms. The van der Waals surface area contributed by atoms with Crippen LogP contribution >= 0.6 is 0 Å². The fourth-order valence-corrected chi connectivity index (χ4v) is 6.36. The molecule has 1 aliphatic carbocycles. The average Bonchev–Trinajstić information content (AvgIpc) is 3.47. The number of carbonyl (C=O) groups excluding carboxylic acids is 2. The number of pyridine rings is 1. The molecule has 3 fully saturated rings. The Labute approximate surface area is 220 Å². The third-order valence-corrected chi connectivity index (χ3v) is 8.74. The second kappa shape index (κ2) is 11.2. The first-order valence-corrected chi connectivity index (χ1v) is 13.9. The summed E-state index contributed by atoms with van der Waals surface area (Å²) >= 11 is 0. The zero-order valence-electron chi connectivity index (χ0n) is 22.0. The van der Waals surface area contributed by atoms with E-state index in [1.165, 1.54) is 0 Å². The third kappa shape index (κ3) is 6.15.